The van der Waals surface area contributed by atoms with E-state index in [9.17, 15) is 20.1 Å². The zero-order valence-corrected chi connectivity index (χ0v) is 14.4. The minimum atomic E-state index is -1.51. The summed E-state index contributed by atoms with van der Waals surface area (Å²) >= 11 is 0. The summed E-state index contributed by atoms with van der Waals surface area (Å²) < 4.78 is 2.14. The van der Waals surface area contributed by atoms with Crippen molar-refractivity contribution in [3.8, 4) is 0 Å². The van der Waals surface area contributed by atoms with E-state index in [-0.39, 0.29) is 0 Å². The fourth-order valence-electron chi connectivity index (χ4n) is 3.39. The first kappa shape index (κ1) is 18.0. The minimum absolute atomic E-state index is 0.451. The van der Waals surface area contributed by atoms with Gasteiger partial charge in [0.1, 0.15) is 0 Å². The van der Waals surface area contributed by atoms with E-state index >= 15 is 0 Å². The molecular weight excluding hydrogens is 316 g/mol. The number of unbranched alkanes of at least 4 members (excludes halogenated alkanes) is 3. The standard InChI is InChI=1S/C18H23B2NO4/c1-2-3-4-5-10-21-17-11-13(19(22)23)6-8-15(17)16-9-7-14(20(24)25)12-18(16)21/h6-9,11-12,22-25H,2-5,10H2,1H3. The van der Waals surface area contributed by atoms with Crippen LogP contribution in [0.3, 0.4) is 0 Å². The first-order valence-electron chi connectivity index (χ1n) is 8.81. The Hall–Kier alpha value is -1.79. The van der Waals surface area contributed by atoms with Crippen LogP contribution in [0.2, 0.25) is 0 Å². The first-order chi connectivity index (χ1) is 12.0. The molecule has 0 unspecified atom stereocenters. The number of hydrogen-bond acceptors (Lipinski definition) is 4. The molecule has 0 aliphatic rings. The lowest BCUT2D eigenvalue weighted by Gasteiger charge is -2.09. The summed E-state index contributed by atoms with van der Waals surface area (Å²) in [5.74, 6) is 0. The largest absolute Gasteiger partial charge is 0.488 e. The molecule has 4 N–H and O–H groups in total. The van der Waals surface area contributed by atoms with Gasteiger partial charge in [0.2, 0.25) is 0 Å². The Kier molecular flexibility index (Phi) is 5.49. The van der Waals surface area contributed by atoms with Gasteiger partial charge >= 0.3 is 14.2 Å². The number of aryl methyl sites for hydroxylation is 1. The summed E-state index contributed by atoms with van der Waals surface area (Å²) in [6.45, 7) is 2.97. The van der Waals surface area contributed by atoms with Crippen molar-refractivity contribution < 1.29 is 20.1 Å². The van der Waals surface area contributed by atoms with Gasteiger partial charge in [-0.1, -0.05) is 50.5 Å². The first-order valence-corrected chi connectivity index (χ1v) is 8.81. The molecular formula is C18H23B2NO4. The van der Waals surface area contributed by atoms with E-state index < -0.39 is 14.2 Å². The number of hydrogen-bond donors (Lipinski definition) is 4. The maximum absolute atomic E-state index is 9.49. The monoisotopic (exact) mass is 339 g/mol. The molecule has 5 nitrogen and oxygen atoms in total. The molecule has 0 amide bonds. The van der Waals surface area contributed by atoms with Crippen LogP contribution >= 0.6 is 0 Å². The fraction of sp³-hybridized carbons (Fsp3) is 0.333. The maximum atomic E-state index is 9.49. The smallest absolute Gasteiger partial charge is 0.423 e. The molecule has 3 aromatic rings. The van der Waals surface area contributed by atoms with Crippen molar-refractivity contribution in [2.24, 2.45) is 0 Å². The number of aromatic nitrogens is 1. The van der Waals surface area contributed by atoms with E-state index in [1.807, 2.05) is 12.1 Å². The second kappa shape index (κ2) is 7.62. The number of fused-ring (bicyclic) bond motifs is 3. The summed E-state index contributed by atoms with van der Waals surface area (Å²) in [5.41, 5.74) is 2.77. The van der Waals surface area contributed by atoms with Crippen LogP contribution in [-0.4, -0.2) is 38.9 Å². The second-order valence-electron chi connectivity index (χ2n) is 6.51. The normalized spacial score (nSPS) is 11.4. The highest BCUT2D eigenvalue weighted by Crippen LogP contribution is 2.28. The Balaban J connectivity index is 2.15. The van der Waals surface area contributed by atoms with Gasteiger partial charge in [0.05, 0.1) is 0 Å². The molecule has 0 aliphatic carbocycles. The molecule has 25 heavy (non-hydrogen) atoms. The van der Waals surface area contributed by atoms with E-state index in [1.54, 1.807) is 24.3 Å². The SMILES string of the molecule is CCCCCCn1c2cc(B(O)O)ccc2c2ccc(B(O)O)cc21. The fourth-order valence-corrected chi connectivity index (χ4v) is 3.39. The molecule has 0 atom stereocenters. The molecule has 0 spiro atoms. The molecule has 0 radical (unpaired) electrons. The molecule has 1 heterocycles. The Labute approximate surface area is 147 Å². The highest BCUT2D eigenvalue weighted by atomic mass is 16.4. The molecule has 3 rings (SSSR count). The third-order valence-corrected chi connectivity index (χ3v) is 4.75. The average molecular weight is 339 g/mol. The summed E-state index contributed by atoms with van der Waals surface area (Å²) in [6, 6.07) is 10.8. The van der Waals surface area contributed by atoms with Crippen LogP contribution in [0.1, 0.15) is 32.6 Å². The lowest BCUT2D eigenvalue weighted by atomic mass is 9.79. The van der Waals surface area contributed by atoms with Crippen molar-refractivity contribution in [2.45, 2.75) is 39.2 Å². The third kappa shape index (κ3) is 3.60. The van der Waals surface area contributed by atoms with Crippen molar-refractivity contribution >= 4 is 47.0 Å². The predicted octanol–water partition coefficient (Wildman–Crippen LogP) is 0.734. The molecule has 0 aliphatic heterocycles. The van der Waals surface area contributed by atoms with Crippen molar-refractivity contribution in [1.82, 2.24) is 4.57 Å². The Morgan fingerprint density at radius 2 is 1.28 bits per heavy atom. The molecule has 0 saturated heterocycles. The Morgan fingerprint density at radius 1 is 0.760 bits per heavy atom. The lowest BCUT2D eigenvalue weighted by Crippen LogP contribution is -2.29. The van der Waals surface area contributed by atoms with Crippen LogP contribution in [0.15, 0.2) is 36.4 Å². The zero-order chi connectivity index (χ0) is 18.0. The van der Waals surface area contributed by atoms with Crippen LogP contribution in [0.5, 0.6) is 0 Å². The quantitative estimate of drug-likeness (QED) is 0.378. The van der Waals surface area contributed by atoms with Gasteiger partial charge in [-0.2, -0.15) is 0 Å². The van der Waals surface area contributed by atoms with Crippen molar-refractivity contribution in [2.75, 3.05) is 0 Å². The minimum Gasteiger partial charge on any atom is -0.423 e. The topological polar surface area (TPSA) is 85.9 Å². The van der Waals surface area contributed by atoms with Gasteiger partial charge < -0.3 is 24.7 Å². The molecule has 0 saturated carbocycles. The highest BCUT2D eigenvalue weighted by molar-refractivity contribution is 6.59. The van der Waals surface area contributed by atoms with Crippen molar-refractivity contribution in [3.63, 3.8) is 0 Å². The summed E-state index contributed by atoms with van der Waals surface area (Å²) in [4.78, 5) is 0. The zero-order valence-electron chi connectivity index (χ0n) is 14.4. The molecule has 0 bridgehead atoms. The summed E-state index contributed by atoms with van der Waals surface area (Å²) in [5, 5.41) is 40.0. The van der Waals surface area contributed by atoms with Crippen LogP contribution < -0.4 is 10.9 Å². The number of rotatable bonds is 7. The van der Waals surface area contributed by atoms with Crippen LogP contribution in [0, 0.1) is 0 Å². The molecule has 7 heteroatoms. The van der Waals surface area contributed by atoms with Gasteiger partial charge in [-0.15, -0.1) is 0 Å². The van der Waals surface area contributed by atoms with Gasteiger partial charge in [-0.05, 0) is 29.5 Å². The van der Waals surface area contributed by atoms with Gasteiger partial charge in [0.25, 0.3) is 0 Å². The van der Waals surface area contributed by atoms with Crippen LogP contribution in [0.4, 0.5) is 0 Å². The van der Waals surface area contributed by atoms with Crippen molar-refractivity contribution in [3.05, 3.63) is 36.4 Å². The van der Waals surface area contributed by atoms with Crippen LogP contribution in [0.25, 0.3) is 21.8 Å². The maximum Gasteiger partial charge on any atom is 0.488 e. The highest BCUT2D eigenvalue weighted by Gasteiger charge is 2.18. The molecule has 1 aromatic heterocycles. The third-order valence-electron chi connectivity index (χ3n) is 4.75. The molecule has 2 aromatic carbocycles. The summed E-state index contributed by atoms with van der Waals surface area (Å²) in [7, 11) is -3.02. The van der Waals surface area contributed by atoms with Gasteiger partial charge in [0, 0.05) is 28.4 Å². The summed E-state index contributed by atoms with van der Waals surface area (Å²) in [6.07, 6.45) is 4.49. The number of benzene rings is 2. The Morgan fingerprint density at radius 3 is 1.72 bits per heavy atom. The molecule has 0 fully saturated rings. The van der Waals surface area contributed by atoms with E-state index in [0.717, 1.165) is 47.6 Å². The van der Waals surface area contributed by atoms with Crippen LogP contribution in [-0.2, 0) is 6.54 Å². The second-order valence-corrected chi connectivity index (χ2v) is 6.51. The van der Waals surface area contributed by atoms with Gasteiger partial charge in [-0.3, -0.25) is 0 Å². The average Bonchev–Trinajstić information content (AvgIpc) is 2.91. The lowest BCUT2D eigenvalue weighted by molar-refractivity contribution is 0.424. The molecule has 130 valence electrons. The Bertz CT molecular complexity index is 811. The van der Waals surface area contributed by atoms with E-state index in [1.165, 1.54) is 6.42 Å². The van der Waals surface area contributed by atoms with Gasteiger partial charge in [-0.25, -0.2) is 0 Å². The van der Waals surface area contributed by atoms with Gasteiger partial charge in [0.15, 0.2) is 0 Å². The van der Waals surface area contributed by atoms with E-state index in [0.29, 0.717) is 10.9 Å². The van der Waals surface area contributed by atoms with E-state index in [4.69, 9.17) is 0 Å². The van der Waals surface area contributed by atoms with E-state index in [2.05, 4.69) is 11.5 Å². The number of nitrogens with zero attached hydrogens (tertiary/aromatic N) is 1. The predicted molar refractivity (Wildman–Crippen MR) is 103 cm³/mol. The van der Waals surface area contributed by atoms with Crippen molar-refractivity contribution in [1.29, 1.82) is 0 Å².